The third-order valence-electron chi connectivity index (χ3n) is 10.0. The Morgan fingerprint density at radius 1 is 0.706 bits per heavy atom. The molecule has 0 spiro atoms. The highest BCUT2D eigenvalue weighted by Crippen LogP contribution is 2.42. The van der Waals surface area contributed by atoms with Gasteiger partial charge in [-0.1, -0.05) is 163 Å². The molecule has 1 saturated heterocycles. The number of hydrogen-bond donors (Lipinski definition) is 2. The van der Waals surface area contributed by atoms with Crippen LogP contribution in [-0.2, 0) is 13.6 Å². The zero-order valence-electron chi connectivity index (χ0n) is 30.3. The van der Waals surface area contributed by atoms with Crippen molar-refractivity contribution in [3.05, 3.63) is 144 Å². The van der Waals surface area contributed by atoms with Crippen LogP contribution in [0.5, 0.6) is 0 Å². The van der Waals surface area contributed by atoms with Crippen molar-refractivity contribution in [2.45, 2.75) is 76.2 Å². The van der Waals surface area contributed by atoms with E-state index in [9.17, 15) is 9.90 Å². The molecule has 1 fully saturated rings. The first-order valence-electron chi connectivity index (χ1n) is 17.5. The molecular formula is C41H49N3O5Si2. The summed E-state index contributed by atoms with van der Waals surface area (Å²) in [5, 5.41) is 16.0. The van der Waals surface area contributed by atoms with Gasteiger partial charge >= 0.3 is 5.69 Å². The number of aromatic nitrogens is 2. The van der Waals surface area contributed by atoms with Crippen LogP contribution >= 0.6 is 0 Å². The average molecular weight is 720 g/mol. The molecule has 51 heavy (non-hydrogen) atoms. The van der Waals surface area contributed by atoms with Gasteiger partial charge in [0.1, 0.15) is 24.1 Å². The third-order valence-corrected chi connectivity index (χ3v) is 20.1. The van der Waals surface area contributed by atoms with Crippen LogP contribution in [-0.4, -0.2) is 56.2 Å². The van der Waals surface area contributed by atoms with Crippen molar-refractivity contribution < 1.29 is 18.7 Å². The fraction of sp³-hybridized carbons (Fsp3) is 0.317. The molecule has 3 N–H and O–H groups in total. The van der Waals surface area contributed by atoms with Crippen LogP contribution in [0, 0.1) is 0 Å². The number of aliphatic hydroxyl groups excluding tert-OH is 1. The van der Waals surface area contributed by atoms with Gasteiger partial charge in [-0.05, 0) is 36.9 Å². The van der Waals surface area contributed by atoms with Crippen molar-refractivity contribution >= 4 is 43.2 Å². The Balaban J connectivity index is 1.51. The van der Waals surface area contributed by atoms with E-state index >= 15 is 0 Å². The van der Waals surface area contributed by atoms with Crippen LogP contribution < -0.4 is 32.2 Å². The molecular weight excluding hydrogens is 671 g/mol. The molecule has 1 aliphatic rings. The van der Waals surface area contributed by atoms with Crippen molar-refractivity contribution in [2.75, 3.05) is 12.3 Å². The zero-order chi connectivity index (χ0) is 36.4. The van der Waals surface area contributed by atoms with Crippen LogP contribution in [0.4, 0.5) is 5.82 Å². The minimum atomic E-state index is -3.20. The van der Waals surface area contributed by atoms with E-state index in [4.69, 9.17) is 19.3 Å². The van der Waals surface area contributed by atoms with E-state index in [2.05, 4.69) is 119 Å². The lowest BCUT2D eigenvalue weighted by atomic mass is 10.1. The molecule has 10 heteroatoms. The molecule has 0 saturated carbocycles. The molecule has 1 aromatic heterocycles. The van der Waals surface area contributed by atoms with Gasteiger partial charge in [-0.25, -0.2) is 4.79 Å². The Labute approximate surface area is 303 Å². The average Bonchev–Trinajstić information content (AvgIpc) is 3.41. The molecule has 8 nitrogen and oxygen atoms in total. The van der Waals surface area contributed by atoms with E-state index in [0.717, 1.165) is 20.7 Å². The van der Waals surface area contributed by atoms with Crippen molar-refractivity contribution in [2.24, 2.45) is 0 Å². The van der Waals surface area contributed by atoms with Gasteiger partial charge in [-0.2, -0.15) is 4.98 Å². The minimum absolute atomic E-state index is 0.0930. The van der Waals surface area contributed by atoms with Gasteiger partial charge in [0.2, 0.25) is 0 Å². The Bertz CT molecular complexity index is 1870. The smallest absolute Gasteiger partial charge is 0.351 e. The van der Waals surface area contributed by atoms with Gasteiger partial charge in [0.05, 0.1) is 6.61 Å². The summed E-state index contributed by atoms with van der Waals surface area (Å²) in [6.07, 6.45) is -2.42. The second-order valence-electron chi connectivity index (χ2n) is 15.3. The molecule has 0 bridgehead atoms. The van der Waals surface area contributed by atoms with Gasteiger partial charge in [-0.15, -0.1) is 0 Å². The quantitative estimate of drug-likeness (QED) is 0.203. The van der Waals surface area contributed by atoms with E-state index in [1.54, 1.807) is 0 Å². The fourth-order valence-corrected chi connectivity index (χ4v) is 17.0. The maximum absolute atomic E-state index is 13.2. The van der Waals surface area contributed by atoms with Crippen LogP contribution in [0.3, 0.4) is 0 Å². The summed E-state index contributed by atoms with van der Waals surface area (Å²) in [6, 6.07) is 43.0. The molecule has 5 aromatic rings. The Morgan fingerprint density at radius 3 is 1.51 bits per heavy atom. The van der Waals surface area contributed by atoms with Gasteiger partial charge in [-0.3, -0.25) is 4.57 Å². The van der Waals surface area contributed by atoms with E-state index < -0.39 is 46.9 Å². The van der Waals surface area contributed by atoms with Crippen LogP contribution in [0.2, 0.25) is 10.1 Å². The monoisotopic (exact) mass is 719 g/mol. The zero-order valence-corrected chi connectivity index (χ0v) is 32.3. The Morgan fingerprint density at radius 2 is 1.12 bits per heavy atom. The first-order chi connectivity index (χ1) is 24.3. The fourth-order valence-electron chi connectivity index (χ4n) is 7.71. The summed E-state index contributed by atoms with van der Waals surface area (Å²) in [6.45, 7) is 13.4. The van der Waals surface area contributed by atoms with Crippen molar-refractivity contribution in [3.63, 3.8) is 0 Å². The highest BCUT2D eigenvalue weighted by Gasteiger charge is 2.58. The lowest BCUT2D eigenvalue weighted by Crippen LogP contribution is -2.69. The SMILES string of the molecule is CC(C)(C)[Si](OCC1OC(n2ccc(N)nc2=O)C(O)C1O[Si](c1ccccc1)(c1ccccc1)C(C)(C)C)(c1ccccc1)c1ccccc1. The molecule has 0 amide bonds. The number of nitrogens with zero attached hydrogens (tertiary/aromatic N) is 2. The minimum Gasteiger partial charge on any atom is -0.405 e. The predicted molar refractivity (Wildman–Crippen MR) is 209 cm³/mol. The van der Waals surface area contributed by atoms with Gasteiger partial charge in [0.25, 0.3) is 16.6 Å². The van der Waals surface area contributed by atoms with Gasteiger partial charge < -0.3 is 24.4 Å². The number of benzene rings is 4. The number of aliphatic hydroxyl groups is 1. The first-order valence-corrected chi connectivity index (χ1v) is 21.3. The maximum Gasteiger partial charge on any atom is 0.351 e. The Kier molecular flexibility index (Phi) is 10.4. The van der Waals surface area contributed by atoms with Crippen molar-refractivity contribution in [3.8, 4) is 0 Å². The third kappa shape index (κ3) is 6.80. The second-order valence-corrected chi connectivity index (χ2v) is 23.9. The van der Waals surface area contributed by atoms with Gasteiger partial charge in [0.15, 0.2) is 6.23 Å². The topological polar surface area (TPSA) is 109 Å². The summed E-state index contributed by atoms with van der Waals surface area (Å²) in [7, 11) is -6.21. The van der Waals surface area contributed by atoms with Gasteiger partial charge in [0, 0.05) is 6.20 Å². The molecule has 4 unspecified atom stereocenters. The standard InChI is InChI=1S/C41H49N3O5Si2/c1-40(2,3)50(30-19-11-7-12-20-30,31-21-13-8-14-22-31)47-29-34-37(36(45)38(48-34)44-28-27-35(42)43-39(44)46)49-51(41(4,5)6,32-23-15-9-16-24-32)33-25-17-10-18-26-33/h7-28,34,36-38,45H,29H2,1-6H3,(H2,42,43,46). The normalized spacial score (nSPS) is 20.0. The highest BCUT2D eigenvalue weighted by molar-refractivity contribution is 7.00. The number of rotatable bonds is 10. The van der Waals surface area contributed by atoms with E-state index in [-0.39, 0.29) is 22.5 Å². The predicted octanol–water partition coefficient (Wildman–Crippen LogP) is 4.61. The highest BCUT2D eigenvalue weighted by atomic mass is 28.4. The Hall–Kier alpha value is -4.17. The summed E-state index contributed by atoms with van der Waals surface area (Å²) in [5.74, 6) is 0.0930. The van der Waals surface area contributed by atoms with E-state index in [0.29, 0.717) is 0 Å². The van der Waals surface area contributed by atoms with Crippen molar-refractivity contribution in [1.82, 2.24) is 9.55 Å². The summed E-state index contributed by atoms with van der Waals surface area (Å²) >= 11 is 0. The van der Waals surface area contributed by atoms with E-state index in [1.165, 1.54) is 16.8 Å². The summed E-state index contributed by atoms with van der Waals surface area (Å²) < 4.78 is 23.0. The molecule has 2 heterocycles. The molecule has 1 aliphatic heterocycles. The maximum atomic E-state index is 13.2. The molecule has 0 radical (unpaired) electrons. The molecule has 6 rings (SSSR count). The molecule has 4 atom stereocenters. The number of hydrogen-bond acceptors (Lipinski definition) is 7. The van der Waals surface area contributed by atoms with Crippen LogP contribution in [0.15, 0.2) is 138 Å². The first kappa shape index (κ1) is 36.6. The molecule has 0 aliphatic carbocycles. The largest absolute Gasteiger partial charge is 0.405 e. The molecule has 4 aromatic carbocycles. The summed E-state index contributed by atoms with van der Waals surface area (Å²) in [5.41, 5.74) is 5.25. The van der Waals surface area contributed by atoms with Crippen LogP contribution in [0.25, 0.3) is 0 Å². The number of nitrogens with two attached hydrogens (primary N) is 1. The number of anilines is 1. The number of nitrogen functional groups attached to an aromatic ring is 1. The lowest BCUT2D eigenvalue weighted by Gasteiger charge is -2.46. The van der Waals surface area contributed by atoms with E-state index in [1.807, 2.05) is 48.5 Å². The second kappa shape index (κ2) is 14.5. The number of ether oxygens (including phenoxy) is 1. The summed E-state index contributed by atoms with van der Waals surface area (Å²) in [4.78, 5) is 17.2. The van der Waals surface area contributed by atoms with Crippen molar-refractivity contribution in [1.29, 1.82) is 0 Å². The molecule has 266 valence electrons. The van der Waals surface area contributed by atoms with Crippen LogP contribution in [0.1, 0.15) is 47.8 Å². The lowest BCUT2D eigenvalue weighted by molar-refractivity contribution is -0.0523.